The van der Waals surface area contributed by atoms with Crippen LogP contribution in [0.5, 0.6) is 0 Å². The Hall–Kier alpha value is -3.90. The van der Waals surface area contributed by atoms with Gasteiger partial charge in [-0.05, 0) is 62.3 Å². The third-order valence-corrected chi connectivity index (χ3v) is 6.83. The smallest absolute Gasteiger partial charge is 0.234 e. The Morgan fingerprint density at radius 1 is 1.17 bits per heavy atom. The molecule has 0 spiro atoms. The second-order valence-electron chi connectivity index (χ2n) is 9.43. The van der Waals surface area contributed by atoms with E-state index in [9.17, 15) is 10.1 Å². The summed E-state index contributed by atoms with van der Waals surface area (Å²) in [5, 5.41) is 13.1. The van der Waals surface area contributed by atoms with Crippen LogP contribution in [0.2, 0.25) is 0 Å². The van der Waals surface area contributed by atoms with Crippen LogP contribution in [-0.4, -0.2) is 43.1 Å². The van der Waals surface area contributed by atoms with E-state index in [4.69, 9.17) is 9.72 Å². The maximum absolute atomic E-state index is 13.0. The van der Waals surface area contributed by atoms with Crippen molar-refractivity contribution in [3.05, 3.63) is 53.7 Å². The zero-order valence-electron chi connectivity index (χ0n) is 19.4. The summed E-state index contributed by atoms with van der Waals surface area (Å²) in [5.41, 5.74) is 4.08. The monoisotopic (exact) mass is 467 g/mol. The minimum absolute atomic E-state index is 0.0770. The van der Waals surface area contributed by atoms with Gasteiger partial charge in [0.15, 0.2) is 0 Å². The Bertz CT molecular complexity index is 1470. The molecule has 1 aromatic carbocycles. The van der Waals surface area contributed by atoms with Crippen molar-refractivity contribution >= 4 is 33.8 Å². The number of carbonyl (C=O) groups is 1. The number of rotatable bonds is 5. The standard InChI is InChI=1S/C26H25N7O2/c1-15-8-19(6-7-35-15)33-23(10-24(34)32-26-29-12-18(13-30-26)17-3-4-17)31-22-14-28-21-5-2-16(11-27)9-20(21)25(22)33/h2,5,9,12-15,17,19H,3-4,6-8,10H2,1H3,(H,29,30,32,34)/t15-,19-/m1/s1. The number of nitrogens with one attached hydrogen (secondary N) is 1. The van der Waals surface area contributed by atoms with Gasteiger partial charge in [-0.3, -0.25) is 15.1 Å². The van der Waals surface area contributed by atoms with Gasteiger partial charge in [0.05, 0.1) is 41.4 Å². The highest BCUT2D eigenvalue weighted by Crippen LogP contribution is 2.39. The molecular weight excluding hydrogens is 442 g/mol. The lowest BCUT2D eigenvalue weighted by Gasteiger charge is -2.30. The van der Waals surface area contributed by atoms with Crippen LogP contribution in [0.15, 0.2) is 36.8 Å². The molecule has 176 valence electrons. The Labute approximate surface area is 202 Å². The molecule has 2 fully saturated rings. The lowest BCUT2D eigenvalue weighted by Crippen LogP contribution is -2.28. The Morgan fingerprint density at radius 3 is 2.74 bits per heavy atom. The number of ether oxygens (including phenoxy) is 1. The normalized spacial score (nSPS) is 20.1. The van der Waals surface area contributed by atoms with Crippen LogP contribution in [0.3, 0.4) is 0 Å². The van der Waals surface area contributed by atoms with E-state index in [-0.39, 0.29) is 24.5 Å². The number of fused-ring (bicyclic) bond motifs is 3. The van der Waals surface area contributed by atoms with Gasteiger partial charge in [-0.15, -0.1) is 0 Å². The largest absolute Gasteiger partial charge is 0.378 e. The summed E-state index contributed by atoms with van der Waals surface area (Å²) in [6, 6.07) is 7.81. The van der Waals surface area contributed by atoms with E-state index < -0.39 is 0 Å². The molecule has 1 aliphatic heterocycles. The molecule has 1 amide bonds. The first-order valence-electron chi connectivity index (χ1n) is 12.0. The fraction of sp³-hybridized carbons (Fsp3) is 0.385. The minimum Gasteiger partial charge on any atom is -0.378 e. The molecule has 0 unspecified atom stereocenters. The van der Waals surface area contributed by atoms with Crippen LogP contribution in [0.25, 0.3) is 21.9 Å². The fourth-order valence-corrected chi connectivity index (χ4v) is 4.96. The molecule has 9 heteroatoms. The van der Waals surface area contributed by atoms with E-state index in [1.54, 1.807) is 24.7 Å². The SMILES string of the molecule is C[C@@H]1C[C@H](n2c(CC(=O)Nc3ncc(C4CC4)cn3)nc3cnc4ccc(C#N)cc4c32)CCO1. The molecule has 6 rings (SSSR count). The van der Waals surface area contributed by atoms with Gasteiger partial charge in [0.2, 0.25) is 11.9 Å². The molecule has 3 aromatic heterocycles. The van der Waals surface area contributed by atoms with Gasteiger partial charge in [-0.1, -0.05) is 0 Å². The molecule has 4 aromatic rings. The van der Waals surface area contributed by atoms with Gasteiger partial charge >= 0.3 is 0 Å². The molecule has 2 atom stereocenters. The Morgan fingerprint density at radius 2 is 2.00 bits per heavy atom. The summed E-state index contributed by atoms with van der Waals surface area (Å²) in [6.45, 7) is 2.71. The van der Waals surface area contributed by atoms with Crippen molar-refractivity contribution in [2.75, 3.05) is 11.9 Å². The summed E-state index contributed by atoms with van der Waals surface area (Å²) in [7, 11) is 0. The van der Waals surface area contributed by atoms with Crippen molar-refractivity contribution in [2.45, 2.75) is 57.1 Å². The van der Waals surface area contributed by atoms with Crippen molar-refractivity contribution < 1.29 is 9.53 Å². The van der Waals surface area contributed by atoms with E-state index in [0.29, 0.717) is 35.4 Å². The van der Waals surface area contributed by atoms with Crippen LogP contribution >= 0.6 is 0 Å². The van der Waals surface area contributed by atoms with Crippen LogP contribution in [0, 0.1) is 11.3 Å². The molecule has 1 saturated carbocycles. The van der Waals surface area contributed by atoms with Crippen LogP contribution in [-0.2, 0) is 16.0 Å². The molecule has 9 nitrogen and oxygen atoms in total. The molecule has 1 N–H and O–H groups in total. The molecule has 1 aliphatic carbocycles. The molecule has 1 saturated heterocycles. The predicted octanol–water partition coefficient (Wildman–Crippen LogP) is 4.04. The fourth-order valence-electron chi connectivity index (χ4n) is 4.96. The zero-order valence-corrected chi connectivity index (χ0v) is 19.4. The number of hydrogen-bond donors (Lipinski definition) is 1. The maximum Gasteiger partial charge on any atom is 0.234 e. The molecule has 4 heterocycles. The number of carbonyl (C=O) groups excluding carboxylic acids is 1. The summed E-state index contributed by atoms with van der Waals surface area (Å²) in [4.78, 5) is 31.0. The Kier molecular flexibility index (Phi) is 5.38. The summed E-state index contributed by atoms with van der Waals surface area (Å²) in [6.07, 6.45) is 9.50. The minimum atomic E-state index is -0.226. The first-order valence-corrected chi connectivity index (χ1v) is 12.0. The van der Waals surface area contributed by atoms with Crippen LogP contribution < -0.4 is 5.32 Å². The van der Waals surface area contributed by atoms with Crippen molar-refractivity contribution in [3.8, 4) is 6.07 Å². The first-order chi connectivity index (χ1) is 17.1. The number of imidazole rings is 1. The predicted molar refractivity (Wildman–Crippen MR) is 130 cm³/mol. The third-order valence-electron chi connectivity index (χ3n) is 6.83. The van der Waals surface area contributed by atoms with Crippen molar-refractivity contribution in [2.24, 2.45) is 0 Å². The maximum atomic E-state index is 13.0. The highest BCUT2D eigenvalue weighted by atomic mass is 16.5. The molecule has 0 radical (unpaired) electrons. The summed E-state index contributed by atoms with van der Waals surface area (Å²) >= 11 is 0. The number of benzene rings is 1. The van der Waals surface area contributed by atoms with Crippen LogP contribution in [0.4, 0.5) is 5.95 Å². The number of anilines is 1. The van der Waals surface area contributed by atoms with Gasteiger partial charge in [0, 0.05) is 30.4 Å². The van der Waals surface area contributed by atoms with E-state index in [2.05, 4.69) is 37.8 Å². The lowest BCUT2D eigenvalue weighted by molar-refractivity contribution is -0.115. The number of nitriles is 1. The second kappa shape index (κ2) is 8.71. The van der Waals surface area contributed by atoms with Gasteiger partial charge in [0.1, 0.15) is 11.3 Å². The van der Waals surface area contributed by atoms with Gasteiger partial charge < -0.3 is 9.30 Å². The van der Waals surface area contributed by atoms with Crippen molar-refractivity contribution in [1.82, 2.24) is 24.5 Å². The van der Waals surface area contributed by atoms with E-state index in [0.717, 1.165) is 34.8 Å². The van der Waals surface area contributed by atoms with E-state index >= 15 is 0 Å². The van der Waals surface area contributed by atoms with Crippen LogP contribution in [0.1, 0.15) is 61.5 Å². The average Bonchev–Trinajstić information content (AvgIpc) is 3.65. The zero-order chi connectivity index (χ0) is 23.9. The topological polar surface area (TPSA) is 119 Å². The number of amides is 1. The number of pyridine rings is 1. The summed E-state index contributed by atoms with van der Waals surface area (Å²) in [5.74, 6) is 1.29. The average molecular weight is 468 g/mol. The molecule has 2 aliphatic rings. The molecule has 35 heavy (non-hydrogen) atoms. The highest BCUT2D eigenvalue weighted by molar-refractivity contribution is 6.03. The second-order valence-corrected chi connectivity index (χ2v) is 9.43. The molecular formula is C26H25N7O2. The van der Waals surface area contributed by atoms with Gasteiger partial charge in [-0.25, -0.2) is 15.0 Å². The van der Waals surface area contributed by atoms with E-state index in [1.807, 2.05) is 12.1 Å². The van der Waals surface area contributed by atoms with E-state index in [1.165, 1.54) is 12.8 Å². The quantitative estimate of drug-likeness (QED) is 0.470. The number of nitrogens with zero attached hydrogens (tertiary/aromatic N) is 6. The first kappa shape index (κ1) is 21.6. The van der Waals surface area contributed by atoms with Gasteiger partial charge in [-0.2, -0.15) is 5.26 Å². The van der Waals surface area contributed by atoms with Crippen molar-refractivity contribution in [1.29, 1.82) is 5.26 Å². The van der Waals surface area contributed by atoms with Crippen molar-refractivity contribution in [3.63, 3.8) is 0 Å². The highest BCUT2D eigenvalue weighted by Gasteiger charge is 2.28. The number of hydrogen-bond acceptors (Lipinski definition) is 7. The molecule has 0 bridgehead atoms. The van der Waals surface area contributed by atoms with Gasteiger partial charge in [0.25, 0.3) is 0 Å². The summed E-state index contributed by atoms with van der Waals surface area (Å²) < 4.78 is 7.95. The number of aromatic nitrogens is 5. The lowest BCUT2D eigenvalue weighted by atomic mass is 10.0. The Balaban J connectivity index is 1.38. The third kappa shape index (κ3) is 4.21.